The van der Waals surface area contributed by atoms with Crippen molar-refractivity contribution in [3.63, 3.8) is 0 Å². The van der Waals surface area contributed by atoms with Crippen molar-refractivity contribution in [3.05, 3.63) is 28.3 Å². The van der Waals surface area contributed by atoms with Gasteiger partial charge >= 0.3 is 0 Å². The van der Waals surface area contributed by atoms with Gasteiger partial charge < -0.3 is 16.2 Å². The highest BCUT2D eigenvalue weighted by molar-refractivity contribution is 6.31. The second kappa shape index (κ2) is 7.63. The van der Waals surface area contributed by atoms with Crippen LogP contribution < -0.4 is 16.2 Å². The molecule has 1 aromatic carbocycles. The Morgan fingerprint density at radius 1 is 1.37 bits per heavy atom. The molecule has 0 radical (unpaired) electrons. The molecule has 1 rings (SSSR count). The molecule has 0 atom stereocenters. The van der Waals surface area contributed by atoms with E-state index >= 15 is 0 Å². The van der Waals surface area contributed by atoms with E-state index in [1.165, 1.54) is 0 Å². The van der Waals surface area contributed by atoms with Gasteiger partial charge in [-0.15, -0.1) is 5.10 Å². The van der Waals surface area contributed by atoms with E-state index in [9.17, 15) is 0 Å². The van der Waals surface area contributed by atoms with Crippen LogP contribution in [0.4, 0.5) is 0 Å². The summed E-state index contributed by atoms with van der Waals surface area (Å²) in [5, 5.41) is 8.08. The molecule has 0 aliphatic carbocycles. The van der Waals surface area contributed by atoms with Crippen molar-refractivity contribution in [1.82, 2.24) is 0 Å². The molecule has 5 nitrogen and oxygen atoms in total. The molecule has 0 amide bonds. The minimum atomic E-state index is -0.0862. The Kier molecular flexibility index (Phi) is 6.15. The molecule has 0 unspecified atom stereocenters. The second-order valence-electron chi connectivity index (χ2n) is 3.90. The SMILES string of the molecule is CCCc1c(Cl)ccc(C=NN=C(N)N)c1OCC. The molecule has 4 N–H and O–H groups in total. The summed E-state index contributed by atoms with van der Waals surface area (Å²) < 4.78 is 5.67. The third-order valence-corrected chi connectivity index (χ3v) is 2.75. The number of halogens is 1. The number of rotatable bonds is 6. The van der Waals surface area contributed by atoms with E-state index in [0.717, 1.165) is 29.7 Å². The minimum Gasteiger partial charge on any atom is -0.493 e. The first-order valence-electron chi connectivity index (χ1n) is 6.16. The smallest absolute Gasteiger partial charge is 0.211 e. The average Bonchev–Trinajstić information content (AvgIpc) is 2.36. The van der Waals surface area contributed by atoms with Gasteiger partial charge in [-0.3, -0.25) is 0 Å². The minimum absolute atomic E-state index is 0.0862. The molecular formula is C13H19ClN4O. The Morgan fingerprint density at radius 2 is 2.11 bits per heavy atom. The van der Waals surface area contributed by atoms with E-state index in [-0.39, 0.29) is 5.96 Å². The van der Waals surface area contributed by atoms with Gasteiger partial charge in [0.1, 0.15) is 5.75 Å². The molecule has 104 valence electrons. The summed E-state index contributed by atoms with van der Waals surface area (Å²) in [5.41, 5.74) is 12.2. The van der Waals surface area contributed by atoms with Gasteiger partial charge in [0, 0.05) is 16.1 Å². The largest absolute Gasteiger partial charge is 0.493 e. The first kappa shape index (κ1) is 15.3. The molecule has 0 spiro atoms. The van der Waals surface area contributed by atoms with E-state index in [1.807, 2.05) is 19.1 Å². The Bertz CT molecular complexity index is 482. The van der Waals surface area contributed by atoms with Crippen molar-refractivity contribution in [2.45, 2.75) is 26.7 Å². The number of benzene rings is 1. The van der Waals surface area contributed by atoms with E-state index < -0.39 is 0 Å². The van der Waals surface area contributed by atoms with Gasteiger partial charge in [0.15, 0.2) is 0 Å². The van der Waals surface area contributed by atoms with Gasteiger partial charge in [-0.05, 0) is 25.5 Å². The summed E-state index contributed by atoms with van der Waals surface area (Å²) in [7, 11) is 0. The van der Waals surface area contributed by atoms with Crippen LogP contribution in [0.3, 0.4) is 0 Å². The fraction of sp³-hybridized carbons (Fsp3) is 0.385. The Labute approximate surface area is 118 Å². The maximum atomic E-state index is 6.21. The lowest BCUT2D eigenvalue weighted by Crippen LogP contribution is -2.21. The van der Waals surface area contributed by atoms with Crippen molar-refractivity contribution in [2.24, 2.45) is 21.7 Å². The number of guanidine groups is 1. The Hall–Kier alpha value is -1.75. The van der Waals surface area contributed by atoms with Crippen LogP contribution in [0.25, 0.3) is 0 Å². The normalized spacial score (nSPS) is 10.7. The van der Waals surface area contributed by atoms with Crippen molar-refractivity contribution in [1.29, 1.82) is 0 Å². The molecule has 0 saturated carbocycles. The lowest BCUT2D eigenvalue weighted by molar-refractivity contribution is 0.336. The Morgan fingerprint density at radius 3 is 2.68 bits per heavy atom. The van der Waals surface area contributed by atoms with Crippen LogP contribution in [-0.2, 0) is 6.42 Å². The standard InChI is InChI=1S/C13H19ClN4O/c1-3-5-10-11(14)7-6-9(12(10)19-4-2)8-17-18-13(15)16/h6-8H,3-5H2,1-2H3,(H4,15,16,18). The van der Waals surface area contributed by atoms with Crippen LogP contribution in [0.1, 0.15) is 31.4 Å². The fourth-order valence-corrected chi connectivity index (χ4v) is 1.92. The van der Waals surface area contributed by atoms with Gasteiger partial charge in [-0.1, -0.05) is 24.9 Å². The predicted molar refractivity (Wildman–Crippen MR) is 80.0 cm³/mol. The van der Waals surface area contributed by atoms with E-state index in [0.29, 0.717) is 11.6 Å². The van der Waals surface area contributed by atoms with Gasteiger partial charge in [-0.2, -0.15) is 5.10 Å². The number of nitrogens with two attached hydrogens (primary N) is 2. The third-order valence-electron chi connectivity index (χ3n) is 2.39. The van der Waals surface area contributed by atoms with Crippen molar-refractivity contribution in [2.75, 3.05) is 6.61 Å². The maximum absolute atomic E-state index is 6.21. The van der Waals surface area contributed by atoms with Crippen molar-refractivity contribution in [3.8, 4) is 5.75 Å². The first-order valence-corrected chi connectivity index (χ1v) is 6.54. The zero-order valence-electron chi connectivity index (χ0n) is 11.2. The molecule has 1 aromatic rings. The highest BCUT2D eigenvalue weighted by Crippen LogP contribution is 2.31. The molecule has 19 heavy (non-hydrogen) atoms. The summed E-state index contributed by atoms with van der Waals surface area (Å²) in [6.45, 7) is 4.57. The molecule has 0 fully saturated rings. The number of hydrogen-bond acceptors (Lipinski definition) is 3. The van der Waals surface area contributed by atoms with Crippen LogP contribution in [0.15, 0.2) is 22.3 Å². The molecule has 0 saturated heterocycles. The van der Waals surface area contributed by atoms with Gasteiger partial charge in [0.25, 0.3) is 0 Å². The van der Waals surface area contributed by atoms with Crippen molar-refractivity contribution < 1.29 is 4.74 Å². The molecule has 0 heterocycles. The molecule has 0 bridgehead atoms. The van der Waals surface area contributed by atoms with Crippen LogP contribution in [0.5, 0.6) is 5.75 Å². The quantitative estimate of drug-likeness (QED) is 0.477. The zero-order valence-corrected chi connectivity index (χ0v) is 11.9. The first-order chi connectivity index (χ1) is 9.10. The third kappa shape index (κ3) is 4.44. The van der Waals surface area contributed by atoms with Gasteiger partial charge in [-0.25, -0.2) is 0 Å². The van der Waals surface area contributed by atoms with E-state index in [4.69, 9.17) is 27.8 Å². The van der Waals surface area contributed by atoms with Gasteiger partial charge in [0.05, 0.1) is 12.8 Å². The lowest BCUT2D eigenvalue weighted by Gasteiger charge is -2.14. The van der Waals surface area contributed by atoms with Crippen molar-refractivity contribution >= 4 is 23.8 Å². The summed E-state index contributed by atoms with van der Waals surface area (Å²) in [6, 6.07) is 3.66. The van der Waals surface area contributed by atoms with Crippen LogP contribution in [0, 0.1) is 0 Å². The molecule has 0 aromatic heterocycles. The number of ether oxygens (including phenoxy) is 1. The average molecular weight is 283 g/mol. The number of nitrogens with zero attached hydrogens (tertiary/aromatic N) is 2. The molecular weight excluding hydrogens is 264 g/mol. The summed E-state index contributed by atoms with van der Waals surface area (Å²) in [6.07, 6.45) is 3.38. The van der Waals surface area contributed by atoms with Crippen LogP contribution in [-0.4, -0.2) is 18.8 Å². The predicted octanol–water partition coefficient (Wildman–Crippen LogP) is 2.30. The van der Waals surface area contributed by atoms with Gasteiger partial charge in [0.2, 0.25) is 5.96 Å². The van der Waals surface area contributed by atoms with Crippen LogP contribution >= 0.6 is 11.6 Å². The Balaban J connectivity index is 3.19. The van der Waals surface area contributed by atoms with E-state index in [1.54, 1.807) is 6.21 Å². The monoisotopic (exact) mass is 282 g/mol. The van der Waals surface area contributed by atoms with Crippen LogP contribution in [0.2, 0.25) is 5.02 Å². The lowest BCUT2D eigenvalue weighted by atomic mass is 10.0. The summed E-state index contributed by atoms with van der Waals surface area (Å²) >= 11 is 6.21. The maximum Gasteiger partial charge on any atom is 0.211 e. The molecule has 0 aliphatic heterocycles. The summed E-state index contributed by atoms with van der Waals surface area (Å²) in [4.78, 5) is 0. The highest BCUT2D eigenvalue weighted by atomic mass is 35.5. The second-order valence-corrected chi connectivity index (χ2v) is 4.30. The molecule has 0 aliphatic rings. The fourth-order valence-electron chi connectivity index (χ4n) is 1.68. The topological polar surface area (TPSA) is 86.0 Å². The molecule has 6 heteroatoms. The van der Waals surface area contributed by atoms with E-state index in [2.05, 4.69) is 17.1 Å². The number of hydrogen-bond donors (Lipinski definition) is 2. The highest BCUT2D eigenvalue weighted by Gasteiger charge is 2.12. The zero-order chi connectivity index (χ0) is 14.3. The summed E-state index contributed by atoms with van der Waals surface area (Å²) in [5.74, 6) is 0.656.